The summed E-state index contributed by atoms with van der Waals surface area (Å²) >= 11 is 0. The van der Waals surface area contributed by atoms with Crippen LogP contribution in [0.3, 0.4) is 0 Å². The van der Waals surface area contributed by atoms with Crippen molar-refractivity contribution in [2.45, 2.75) is 45.6 Å². The fourth-order valence-corrected chi connectivity index (χ4v) is 2.34. The summed E-state index contributed by atoms with van der Waals surface area (Å²) in [6.45, 7) is 4.90. The zero-order valence-electron chi connectivity index (χ0n) is 10.8. The zero-order chi connectivity index (χ0) is 12.3. The van der Waals surface area contributed by atoms with Crippen LogP contribution in [0.5, 0.6) is 0 Å². The van der Waals surface area contributed by atoms with Gasteiger partial charge in [0.05, 0.1) is 0 Å². The first-order chi connectivity index (χ1) is 8.20. The topological polar surface area (TPSA) is 12.0 Å². The van der Waals surface area contributed by atoms with Gasteiger partial charge in [-0.3, -0.25) is 0 Å². The lowest BCUT2D eigenvalue weighted by Gasteiger charge is -2.19. The quantitative estimate of drug-likeness (QED) is 0.786. The molecule has 17 heavy (non-hydrogen) atoms. The van der Waals surface area contributed by atoms with Crippen LogP contribution in [0, 0.1) is 18.7 Å². The Balaban J connectivity index is 2.06. The second-order valence-electron chi connectivity index (χ2n) is 5.16. The minimum absolute atomic E-state index is 0.0632. The molecule has 1 atom stereocenters. The minimum Gasteiger partial charge on any atom is -0.310 e. The molecule has 0 bridgehead atoms. The molecular formula is C15H22FN. The third kappa shape index (κ3) is 3.53. The van der Waals surface area contributed by atoms with Crippen molar-refractivity contribution < 1.29 is 4.39 Å². The third-order valence-electron chi connectivity index (χ3n) is 3.54. The van der Waals surface area contributed by atoms with Crippen LogP contribution in [0.2, 0.25) is 0 Å². The Labute approximate surface area is 103 Å². The summed E-state index contributed by atoms with van der Waals surface area (Å²) in [4.78, 5) is 0. The molecule has 1 aromatic rings. The van der Waals surface area contributed by atoms with E-state index >= 15 is 0 Å². The van der Waals surface area contributed by atoms with Crippen molar-refractivity contribution in [1.29, 1.82) is 0 Å². The van der Waals surface area contributed by atoms with Gasteiger partial charge >= 0.3 is 0 Å². The van der Waals surface area contributed by atoms with E-state index in [1.54, 1.807) is 6.07 Å². The predicted octanol–water partition coefficient (Wildman–Crippen LogP) is 3.97. The van der Waals surface area contributed by atoms with Gasteiger partial charge in [-0.2, -0.15) is 0 Å². The standard InChI is InChI=1S/C15H22FN/c1-3-17-15(9-7-12-5-6-12)13-8-4-11(2)10-14(13)16/h4,8,10,12,15,17H,3,5-7,9H2,1-2H3. The lowest BCUT2D eigenvalue weighted by Crippen LogP contribution is -2.22. The highest BCUT2D eigenvalue weighted by Gasteiger charge is 2.23. The van der Waals surface area contributed by atoms with Gasteiger partial charge in [-0.15, -0.1) is 0 Å². The molecule has 0 amide bonds. The normalized spacial score (nSPS) is 17.1. The maximum absolute atomic E-state index is 13.9. The average molecular weight is 235 g/mol. The molecule has 0 heterocycles. The molecule has 1 aliphatic carbocycles. The number of hydrogen-bond acceptors (Lipinski definition) is 1. The molecule has 1 unspecified atom stereocenters. The summed E-state index contributed by atoms with van der Waals surface area (Å²) < 4.78 is 13.9. The van der Waals surface area contributed by atoms with E-state index in [-0.39, 0.29) is 11.9 Å². The van der Waals surface area contributed by atoms with E-state index in [2.05, 4.69) is 12.2 Å². The summed E-state index contributed by atoms with van der Waals surface area (Å²) in [6.07, 6.45) is 5.02. The van der Waals surface area contributed by atoms with E-state index in [1.165, 1.54) is 19.3 Å². The summed E-state index contributed by atoms with van der Waals surface area (Å²) in [6, 6.07) is 5.75. The molecule has 0 aliphatic heterocycles. The molecule has 1 N–H and O–H groups in total. The van der Waals surface area contributed by atoms with Gasteiger partial charge in [0.2, 0.25) is 0 Å². The van der Waals surface area contributed by atoms with Gasteiger partial charge in [-0.05, 0) is 43.9 Å². The summed E-state index contributed by atoms with van der Waals surface area (Å²) in [5.41, 5.74) is 1.82. The average Bonchev–Trinajstić information content (AvgIpc) is 3.09. The molecule has 1 aromatic carbocycles. The Morgan fingerprint density at radius 2 is 2.18 bits per heavy atom. The van der Waals surface area contributed by atoms with Crippen molar-refractivity contribution in [3.05, 3.63) is 35.1 Å². The van der Waals surface area contributed by atoms with Gasteiger partial charge in [0, 0.05) is 11.6 Å². The van der Waals surface area contributed by atoms with Crippen molar-refractivity contribution in [2.24, 2.45) is 5.92 Å². The molecule has 0 radical (unpaired) electrons. The Kier molecular flexibility index (Phi) is 4.16. The molecule has 0 aromatic heterocycles. The largest absolute Gasteiger partial charge is 0.310 e. The van der Waals surface area contributed by atoms with Crippen molar-refractivity contribution in [2.75, 3.05) is 6.54 Å². The number of halogens is 1. The smallest absolute Gasteiger partial charge is 0.128 e. The van der Waals surface area contributed by atoms with Crippen molar-refractivity contribution in [1.82, 2.24) is 5.32 Å². The highest BCUT2D eigenvalue weighted by atomic mass is 19.1. The maximum atomic E-state index is 13.9. The number of hydrogen-bond donors (Lipinski definition) is 1. The van der Waals surface area contributed by atoms with Crippen LogP contribution < -0.4 is 5.32 Å². The van der Waals surface area contributed by atoms with E-state index in [0.717, 1.165) is 30.0 Å². The lowest BCUT2D eigenvalue weighted by molar-refractivity contribution is 0.460. The Bertz CT molecular complexity index is 371. The monoisotopic (exact) mass is 235 g/mol. The first kappa shape index (κ1) is 12.6. The van der Waals surface area contributed by atoms with Gasteiger partial charge in [-0.25, -0.2) is 4.39 Å². The van der Waals surface area contributed by atoms with E-state index in [9.17, 15) is 4.39 Å². The fourth-order valence-electron chi connectivity index (χ4n) is 2.34. The van der Waals surface area contributed by atoms with Crippen molar-refractivity contribution >= 4 is 0 Å². The van der Waals surface area contributed by atoms with Gasteiger partial charge in [0.25, 0.3) is 0 Å². The van der Waals surface area contributed by atoms with Crippen molar-refractivity contribution in [3.8, 4) is 0 Å². The van der Waals surface area contributed by atoms with Gasteiger partial charge in [0.1, 0.15) is 5.82 Å². The number of aryl methyl sites for hydroxylation is 1. The van der Waals surface area contributed by atoms with Crippen LogP contribution in [0.4, 0.5) is 4.39 Å². The first-order valence-corrected chi connectivity index (χ1v) is 6.70. The molecule has 2 rings (SSSR count). The molecule has 94 valence electrons. The highest BCUT2D eigenvalue weighted by Crippen LogP contribution is 2.36. The number of benzene rings is 1. The molecule has 0 saturated heterocycles. The van der Waals surface area contributed by atoms with Crippen LogP contribution in [0.15, 0.2) is 18.2 Å². The van der Waals surface area contributed by atoms with Gasteiger partial charge < -0.3 is 5.32 Å². The maximum Gasteiger partial charge on any atom is 0.128 e. The van der Waals surface area contributed by atoms with E-state index in [1.807, 2.05) is 19.1 Å². The zero-order valence-corrected chi connectivity index (χ0v) is 10.8. The highest BCUT2D eigenvalue weighted by molar-refractivity contribution is 5.26. The second-order valence-corrected chi connectivity index (χ2v) is 5.16. The summed E-state index contributed by atoms with van der Waals surface area (Å²) in [5.74, 6) is 0.844. The van der Waals surface area contributed by atoms with Crippen LogP contribution in [-0.4, -0.2) is 6.54 Å². The Morgan fingerprint density at radius 1 is 1.41 bits per heavy atom. The molecule has 1 nitrogen and oxygen atoms in total. The predicted molar refractivity (Wildman–Crippen MR) is 69.5 cm³/mol. The lowest BCUT2D eigenvalue weighted by atomic mass is 9.99. The van der Waals surface area contributed by atoms with Crippen LogP contribution >= 0.6 is 0 Å². The molecule has 1 aliphatic rings. The third-order valence-corrected chi connectivity index (χ3v) is 3.54. The van der Waals surface area contributed by atoms with Crippen LogP contribution in [-0.2, 0) is 0 Å². The molecular weight excluding hydrogens is 213 g/mol. The molecule has 1 fully saturated rings. The van der Waals surface area contributed by atoms with Gasteiger partial charge in [0.15, 0.2) is 0 Å². The Morgan fingerprint density at radius 3 is 2.76 bits per heavy atom. The first-order valence-electron chi connectivity index (χ1n) is 6.70. The Hall–Kier alpha value is -0.890. The molecule has 2 heteroatoms. The minimum atomic E-state index is -0.0632. The molecule has 1 saturated carbocycles. The fraction of sp³-hybridized carbons (Fsp3) is 0.600. The van der Waals surface area contributed by atoms with Gasteiger partial charge in [-0.1, -0.05) is 31.9 Å². The number of rotatable bonds is 6. The summed E-state index contributed by atoms with van der Waals surface area (Å²) in [7, 11) is 0. The van der Waals surface area contributed by atoms with Crippen LogP contribution in [0.25, 0.3) is 0 Å². The van der Waals surface area contributed by atoms with E-state index < -0.39 is 0 Å². The van der Waals surface area contributed by atoms with Crippen molar-refractivity contribution in [3.63, 3.8) is 0 Å². The van der Waals surface area contributed by atoms with Crippen LogP contribution in [0.1, 0.15) is 49.8 Å². The molecule has 0 spiro atoms. The summed E-state index contributed by atoms with van der Waals surface area (Å²) in [5, 5.41) is 3.40. The van der Waals surface area contributed by atoms with E-state index in [4.69, 9.17) is 0 Å². The number of nitrogens with one attached hydrogen (secondary N) is 1. The second kappa shape index (κ2) is 5.63. The van der Waals surface area contributed by atoms with E-state index in [0.29, 0.717) is 0 Å². The SMILES string of the molecule is CCNC(CCC1CC1)c1ccc(C)cc1F.